The Kier molecular flexibility index (Phi) is 3.07. The van der Waals surface area contributed by atoms with Crippen molar-refractivity contribution < 1.29 is 14.7 Å². The number of carboxylic acids is 1. The fraction of sp³-hybridized carbons (Fsp3) is 0.333. The van der Waals surface area contributed by atoms with Crippen LogP contribution in [0.25, 0.3) is 0 Å². The van der Waals surface area contributed by atoms with E-state index in [2.05, 4.69) is 0 Å². The highest BCUT2D eigenvalue weighted by atomic mass is 35.5. The molecular weight excluding hydrogens is 242 g/mol. The van der Waals surface area contributed by atoms with E-state index in [4.69, 9.17) is 16.7 Å². The van der Waals surface area contributed by atoms with Crippen LogP contribution in [-0.4, -0.2) is 28.9 Å². The lowest BCUT2D eigenvalue weighted by atomic mass is 9.94. The van der Waals surface area contributed by atoms with E-state index in [1.807, 2.05) is 0 Å². The zero-order valence-electron chi connectivity index (χ0n) is 9.26. The first-order valence-electron chi connectivity index (χ1n) is 5.25. The minimum Gasteiger partial charge on any atom is -0.481 e. The van der Waals surface area contributed by atoms with Gasteiger partial charge in [0, 0.05) is 18.5 Å². The fourth-order valence-electron chi connectivity index (χ4n) is 2.23. The summed E-state index contributed by atoms with van der Waals surface area (Å²) < 4.78 is 0. The minimum absolute atomic E-state index is 0.0295. The van der Waals surface area contributed by atoms with Crippen molar-refractivity contribution in [2.45, 2.75) is 12.5 Å². The van der Waals surface area contributed by atoms with Gasteiger partial charge in [-0.05, 0) is 11.6 Å². The molecule has 0 aromatic heterocycles. The molecule has 1 aliphatic rings. The second-order valence-electron chi connectivity index (χ2n) is 4.12. The molecule has 0 radical (unpaired) electrons. The molecule has 5 heteroatoms. The highest BCUT2D eigenvalue weighted by Gasteiger charge is 2.43. The fourth-order valence-corrected chi connectivity index (χ4v) is 2.48. The van der Waals surface area contributed by atoms with E-state index < -0.39 is 17.9 Å². The zero-order valence-corrected chi connectivity index (χ0v) is 10.0. The quantitative estimate of drug-likeness (QED) is 0.876. The molecule has 1 heterocycles. The second-order valence-corrected chi connectivity index (χ2v) is 4.53. The summed E-state index contributed by atoms with van der Waals surface area (Å²) >= 11 is 6.06. The molecule has 0 unspecified atom stereocenters. The van der Waals surface area contributed by atoms with Crippen molar-refractivity contribution in [2.75, 3.05) is 7.05 Å². The van der Waals surface area contributed by atoms with Gasteiger partial charge in [0.1, 0.15) is 0 Å². The lowest BCUT2D eigenvalue weighted by Crippen LogP contribution is -2.27. The van der Waals surface area contributed by atoms with Crippen LogP contribution in [0.4, 0.5) is 0 Å². The average Bonchev–Trinajstić information content (AvgIpc) is 2.57. The Hall–Kier alpha value is -1.55. The highest BCUT2D eigenvalue weighted by molar-refractivity contribution is 6.31. The summed E-state index contributed by atoms with van der Waals surface area (Å²) in [7, 11) is 1.61. The molecule has 2 atom stereocenters. The predicted octanol–water partition coefficient (Wildman–Crippen LogP) is 1.94. The monoisotopic (exact) mass is 253 g/mol. The topological polar surface area (TPSA) is 57.6 Å². The first-order valence-corrected chi connectivity index (χ1v) is 5.63. The predicted molar refractivity (Wildman–Crippen MR) is 62.7 cm³/mol. The SMILES string of the molecule is CN1C(=O)C[C@H](C(=O)O)[C@H]1c1ccccc1Cl. The van der Waals surface area contributed by atoms with E-state index in [0.29, 0.717) is 10.6 Å². The Labute approximate surface area is 104 Å². The number of rotatable bonds is 2. The molecule has 4 nitrogen and oxygen atoms in total. The molecule has 1 amide bonds. The van der Waals surface area contributed by atoms with Crippen molar-refractivity contribution in [1.82, 2.24) is 4.90 Å². The average molecular weight is 254 g/mol. The molecule has 2 rings (SSSR count). The van der Waals surface area contributed by atoms with Crippen LogP contribution < -0.4 is 0 Å². The van der Waals surface area contributed by atoms with Gasteiger partial charge in [0.25, 0.3) is 0 Å². The van der Waals surface area contributed by atoms with E-state index in [1.54, 1.807) is 31.3 Å². The maximum atomic E-state index is 11.6. The van der Waals surface area contributed by atoms with Gasteiger partial charge in [0.2, 0.25) is 5.91 Å². The minimum atomic E-state index is -0.965. The molecule has 17 heavy (non-hydrogen) atoms. The summed E-state index contributed by atoms with van der Waals surface area (Å²) in [6, 6.07) is 6.55. The van der Waals surface area contributed by atoms with E-state index >= 15 is 0 Å². The molecule has 1 aromatic rings. The van der Waals surface area contributed by atoms with Gasteiger partial charge in [-0.1, -0.05) is 29.8 Å². The van der Waals surface area contributed by atoms with Crippen molar-refractivity contribution in [1.29, 1.82) is 0 Å². The Bertz CT molecular complexity index is 475. The lowest BCUT2D eigenvalue weighted by Gasteiger charge is -2.24. The van der Waals surface area contributed by atoms with E-state index in [-0.39, 0.29) is 12.3 Å². The van der Waals surface area contributed by atoms with Crippen LogP contribution in [0.15, 0.2) is 24.3 Å². The van der Waals surface area contributed by atoms with E-state index in [0.717, 1.165) is 0 Å². The standard InChI is InChI=1S/C12H12ClNO3/c1-14-10(15)6-8(12(16)17)11(14)7-4-2-3-5-9(7)13/h2-5,8,11H,6H2,1H3,(H,16,17)/t8-,11+/m0/s1. The van der Waals surface area contributed by atoms with Crippen LogP contribution in [0.1, 0.15) is 18.0 Å². The summed E-state index contributed by atoms with van der Waals surface area (Å²) in [5, 5.41) is 9.64. The molecule has 1 aliphatic heterocycles. The summed E-state index contributed by atoms with van der Waals surface area (Å²) in [5.41, 5.74) is 0.690. The molecule has 0 aliphatic carbocycles. The number of amides is 1. The van der Waals surface area contributed by atoms with Crippen molar-refractivity contribution in [3.8, 4) is 0 Å². The summed E-state index contributed by atoms with van der Waals surface area (Å²) in [4.78, 5) is 24.2. The molecule has 0 spiro atoms. The molecule has 90 valence electrons. The van der Waals surface area contributed by atoms with Gasteiger partial charge in [0.05, 0.1) is 12.0 Å². The number of carbonyl (C=O) groups is 2. The molecule has 1 saturated heterocycles. The van der Waals surface area contributed by atoms with Crippen molar-refractivity contribution >= 4 is 23.5 Å². The smallest absolute Gasteiger partial charge is 0.309 e. The molecule has 1 N–H and O–H groups in total. The van der Waals surface area contributed by atoms with Crippen LogP contribution in [0, 0.1) is 5.92 Å². The zero-order chi connectivity index (χ0) is 12.6. The maximum absolute atomic E-state index is 11.6. The number of aliphatic carboxylic acids is 1. The normalized spacial score (nSPS) is 24.1. The van der Waals surface area contributed by atoms with Crippen LogP contribution in [-0.2, 0) is 9.59 Å². The van der Waals surface area contributed by atoms with Crippen LogP contribution in [0.2, 0.25) is 5.02 Å². The van der Waals surface area contributed by atoms with Gasteiger partial charge in [0.15, 0.2) is 0 Å². The van der Waals surface area contributed by atoms with Gasteiger partial charge in [-0.3, -0.25) is 9.59 Å². The van der Waals surface area contributed by atoms with Crippen LogP contribution in [0.5, 0.6) is 0 Å². The summed E-state index contributed by atoms with van der Waals surface area (Å²) in [6.45, 7) is 0. The van der Waals surface area contributed by atoms with Gasteiger partial charge in [-0.2, -0.15) is 0 Å². The van der Waals surface area contributed by atoms with Crippen LogP contribution >= 0.6 is 11.6 Å². The second kappa shape index (κ2) is 4.37. The third-order valence-electron chi connectivity index (χ3n) is 3.13. The first-order chi connectivity index (χ1) is 8.02. The molecular formula is C12H12ClNO3. The van der Waals surface area contributed by atoms with Gasteiger partial charge in [-0.25, -0.2) is 0 Å². The maximum Gasteiger partial charge on any atom is 0.309 e. The van der Waals surface area contributed by atoms with Gasteiger partial charge >= 0.3 is 5.97 Å². The number of carboxylic acid groups (broad SMARTS) is 1. The first kappa shape index (κ1) is 11.9. The number of likely N-dealkylation sites (tertiary alicyclic amines) is 1. The third kappa shape index (κ3) is 2.00. The number of hydrogen-bond donors (Lipinski definition) is 1. The number of benzene rings is 1. The molecule has 0 saturated carbocycles. The third-order valence-corrected chi connectivity index (χ3v) is 3.47. The van der Waals surface area contributed by atoms with E-state index in [9.17, 15) is 9.59 Å². The van der Waals surface area contributed by atoms with Crippen LogP contribution in [0.3, 0.4) is 0 Å². The van der Waals surface area contributed by atoms with E-state index in [1.165, 1.54) is 4.90 Å². The van der Waals surface area contributed by atoms with Gasteiger partial charge in [-0.15, -0.1) is 0 Å². The summed E-state index contributed by atoms with van der Waals surface area (Å²) in [5.74, 6) is -1.86. The van der Waals surface area contributed by atoms with Crippen molar-refractivity contribution in [2.24, 2.45) is 5.92 Å². The number of halogens is 1. The Morgan fingerprint density at radius 2 is 2.12 bits per heavy atom. The Morgan fingerprint density at radius 1 is 1.47 bits per heavy atom. The number of nitrogens with zero attached hydrogens (tertiary/aromatic N) is 1. The van der Waals surface area contributed by atoms with Gasteiger partial charge < -0.3 is 10.0 Å². The molecule has 1 aromatic carbocycles. The van der Waals surface area contributed by atoms with Crippen molar-refractivity contribution in [3.63, 3.8) is 0 Å². The largest absolute Gasteiger partial charge is 0.481 e. The van der Waals surface area contributed by atoms with Crippen molar-refractivity contribution in [3.05, 3.63) is 34.9 Å². The Morgan fingerprint density at radius 3 is 2.71 bits per heavy atom. The Balaban J connectivity index is 2.44. The number of carbonyl (C=O) groups excluding carboxylic acids is 1. The molecule has 1 fully saturated rings. The highest BCUT2D eigenvalue weighted by Crippen LogP contribution is 2.39. The number of hydrogen-bond acceptors (Lipinski definition) is 2. The lowest BCUT2D eigenvalue weighted by molar-refractivity contribution is -0.142. The molecule has 0 bridgehead atoms. The summed E-state index contributed by atoms with van der Waals surface area (Å²) in [6.07, 6.45) is 0.0295.